The number of fused-ring (bicyclic) bond motifs is 1. The average molecular weight is 708 g/mol. The molecule has 7 rings (SSSR count). The van der Waals surface area contributed by atoms with E-state index in [-0.39, 0.29) is 49.0 Å². The van der Waals surface area contributed by atoms with Gasteiger partial charge in [0.15, 0.2) is 17.4 Å². The number of aliphatic imine (C=N–C) groups is 2. The van der Waals surface area contributed by atoms with Crippen molar-refractivity contribution < 1.29 is 35.8 Å². The van der Waals surface area contributed by atoms with Gasteiger partial charge in [0, 0.05) is 36.2 Å². The van der Waals surface area contributed by atoms with E-state index in [2.05, 4.69) is 15.3 Å². The predicted molar refractivity (Wildman–Crippen MR) is 174 cm³/mol. The number of alkyl halides is 4. The van der Waals surface area contributed by atoms with Crippen LogP contribution in [0.3, 0.4) is 0 Å². The number of nitrogens with two attached hydrogens (primary N) is 2. The first-order valence-corrected chi connectivity index (χ1v) is 16.1. The monoisotopic (exact) mass is 707 g/mol. The summed E-state index contributed by atoms with van der Waals surface area (Å²) in [6.45, 7) is 3.61. The van der Waals surface area contributed by atoms with Gasteiger partial charge in [-0.1, -0.05) is 24.6 Å². The first kappa shape index (κ1) is 33.3. The molecule has 1 aromatic heterocycles. The molecule has 16 heteroatoms. The molecule has 0 spiro atoms. The minimum atomic E-state index is -5.11. The first-order chi connectivity index (χ1) is 23.2. The maximum atomic E-state index is 17.0. The Bertz CT molecular complexity index is 1920. The van der Waals surface area contributed by atoms with Crippen molar-refractivity contribution >= 4 is 40.6 Å². The van der Waals surface area contributed by atoms with Crippen LogP contribution in [-0.4, -0.2) is 65.8 Å². The Morgan fingerprint density at radius 3 is 2.71 bits per heavy atom. The summed E-state index contributed by atoms with van der Waals surface area (Å²) in [5.41, 5.74) is 7.43. The Morgan fingerprint density at radius 1 is 1.20 bits per heavy atom. The lowest BCUT2D eigenvalue weighted by atomic mass is 9.85. The SMILES string of the molecule is Cc1cc(N)c(F)c(-c2c(F)c3c4c(c2Cl)NCN=C4[C@H]([C@H](C)c2cccnc2N)N=C(OC[C@@]24CCCN2C[C@H](F)C4)O3)c1C(F)(F)F. The van der Waals surface area contributed by atoms with Gasteiger partial charge in [0.05, 0.1) is 38.8 Å². The summed E-state index contributed by atoms with van der Waals surface area (Å²) < 4.78 is 103. The number of aromatic nitrogens is 1. The number of nitrogens with one attached hydrogen (secondary N) is 1. The number of anilines is 3. The second kappa shape index (κ2) is 12.0. The highest BCUT2D eigenvalue weighted by Gasteiger charge is 2.50. The van der Waals surface area contributed by atoms with Crippen molar-refractivity contribution in [1.82, 2.24) is 9.88 Å². The van der Waals surface area contributed by atoms with Crippen LogP contribution >= 0.6 is 11.6 Å². The molecule has 4 aliphatic rings. The van der Waals surface area contributed by atoms with Crippen molar-refractivity contribution in [2.45, 2.75) is 63.0 Å². The Kier molecular flexibility index (Phi) is 8.13. The zero-order valence-electron chi connectivity index (χ0n) is 26.4. The fourth-order valence-corrected chi connectivity index (χ4v) is 8.01. The van der Waals surface area contributed by atoms with Crippen molar-refractivity contribution in [3.8, 4) is 16.9 Å². The van der Waals surface area contributed by atoms with Crippen molar-refractivity contribution in [3.05, 3.63) is 63.3 Å². The molecular formula is C33H32ClF6N7O2. The molecule has 0 unspecified atom stereocenters. The molecular weight excluding hydrogens is 676 g/mol. The fraction of sp³-hybridized carbons (Fsp3) is 0.424. The van der Waals surface area contributed by atoms with E-state index in [1.165, 1.54) is 6.20 Å². The number of hydrogen-bond donors (Lipinski definition) is 3. The molecule has 0 aliphatic carbocycles. The van der Waals surface area contributed by atoms with Crippen LogP contribution in [0, 0.1) is 18.6 Å². The number of rotatable bonds is 5. The van der Waals surface area contributed by atoms with Crippen LogP contribution in [0.4, 0.5) is 43.5 Å². The van der Waals surface area contributed by atoms with Gasteiger partial charge in [0.25, 0.3) is 0 Å². The second-order valence-corrected chi connectivity index (χ2v) is 13.3. The number of benzene rings is 2. The molecule has 3 aromatic rings. The van der Waals surface area contributed by atoms with Crippen molar-refractivity contribution in [2.24, 2.45) is 9.98 Å². The van der Waals surface area contributed by atoms with Gasteiger partial charge in [-0.25, -0.2) is 23.1 Å². The average Bonchev–Trinajstić information content (AvgIpc) is 3.50. The summed E-state index contributed by atoms with van der Waals surface area (Å²) in [7, 11) is 0. The van der Waals surface area contributed by atoms with Crippen LogP contribution < -0.4 is 21.5 Å². The molecule has 9 nitrogen and oxygen atoms in total. The summed E-state index contributed by atoms with van der Waals surface area (Å²) in [4.78, 5) is 15.5. The maximum Gasteiger partial charge on any atom is 0.417 e. The third-order valence-corrected chi connectivity index (χ3v) is 10.3. The molecule has 4 atom stereocenters. The molecule has 0 bridgehead atoms. The van der Waals surface area contributed by atoms with Gasteiger partial charge in [0.2, 0.25) is 0 Å². The van der Waals surface area contributed by atoms with E-state index >= 15 is 8.78 Å². The zero-order valence-corrected chi connectivity index (χ0v) is 27.2. The molecule has 0 amide bonds. The lowest BCUT2D eigenvalue weighted by molar-refractivity contribution is -0.137. The maximum absolute atomic E-state index is 17.0. The van der Waals surface area contributed by atoms with E-state index in [1.54, 1.807) is 19.1 Å². The van der Waals surface area contributed by atoms with E-state index in [0.29, 0.717) is 18.5 Å². The Labute approximate surface area is 282 Å². The van der Waals surface area contributed by atoms with Crippen LogP contribution in [0.2, 0.25) is 5.02 Å². The van der Waals surface area contributed by atoms with Gasteiger partial charge in [-0.05, 0) is 49.6 Å². The normalized spacial score (nSPS) is 23.9. The molecule has 5 heterocycles. The van der Waals surface area contributed by atoms with Crippen LogP contribution in [0.15, 0.2) is 34.4 Å². The predicted octanol–water partition coefficient (Wildman–Crippen LogP) is 6.86. The third kappa shape index (κ3) is 5.41. The highest BCUT2D eigenvalue weighted by molar-refractivity contribution is 6.38. The number of nitrogen functional groups attached to an aromatic ring is 2. The third-order valence-electron chi connectivity index (χ3n) is 9.89. The van der Waals surface area contributed by atoms with Crippen LogP contribution in [0.25, 0.3) is 11.1 Å². The molecule has 0 radical (unpaired) electrons. The molecule has 2 saturated heterocycles. The van der Waals surface area contributed by atoms with Gasteiger partial charge in [-0.3, -0.25) is 9.89 Å². The molecule has 4 aliphatic heterocycles. The molecule has 0 saturated carbocycles. The highest BCUT2D eigenvalue weighted by Crippen LogP contribution is 2.52. The van der Waals surface area contributed by atoms with E-state index in [4.69, 9.17) is 37.5 Å². The highest BCUT2D eigenvalue weighted by atomic mass is 35.5. The number of hydrogen-bond acceptors (Lipinski definition) is 9. The van der Waals surface area contributed by atoms with Crippen molar-refractivity contribution in [2.75, 3.05) is 43.1 Å². The Morgan fingerprint density at radius 2 is 1.98 bits per heavy atom. The van der Waals surface area contributed by atoms with Gasteiger partial charge < -0.3 is 26.3 Å². The second-order valence-electron chi connectivity index (χ2n) is 12.9. The molecule has 49 heavy (non-hydrogen) atoms. The lowest BCUT2D eigenvalue weighted by Crippen LogP contribution is -2.43. The Hall–Kier alpha value is -4.24. The number of halogens is 7. The summed E-state index contributed by atoms with van der Waals surface area (Å²) in [6.07, 6.45) is -3.42. The van der Waals surface area contributed by atoms with Crippen molar-refractivity contribution in [3.63, 3.8) is 0 Å². The molecule has 260 valence electrons. The number of nitrogens with zero attached hydrogens (tertiary/aromatic N) is 4. The van der Waals surface area contributed by atoms with Crippen LogP contribution in [0.5, 0.6) is 5.75 Å². The van der Waals surface area contributed by atoms with Gasteiger partial charge in [-0.2, -0.15) is 13.2 Å². The first-order valence-electron chi connectivity index (χ1n) is 15.7. The summed E-state index contributed by atoms with van der Waals surface area (Å²) in [5.74, 6) is -3.90. The summed E-state index contributed by atoms with van der Waals surface area (Å²) in [6, 6.07) is 3.31. The minimum absolute atomic E-state index is 0.0286. The van der Waals surface area contributed by atoms with Crippen molar-refractivity contribution in [1.29, 1.82) is 0 Å². The van der Waals surface area contributed by atoms with Gasteiger partial charge in [0.1, 0.15) is 31.3 Å². The number of pyridine rings is 1. The summed E-state index contributed by atoms with van der Waals surface area (Å²) in [5, 5.41) is 2.36. The largest absolute Gasteiger partial charge is 0.448 e. The zero-order chi connectivity index (χ0) is 35.0. The smallest absolute Gasteiger partial charge is 0.417 e. The fourth-order valence-electron chi connectivity index (χ4n) is 7.67. The minimum Gasteiger partial charge on any atom is -0.448 e. The number of ether oxygens (including phenoxy) is 2. The van der Waals surface area contributed by atoms with Gasteiger partial charge in [-0.15, -0.1) is 0 Å². The van der Waals surface area contributed by atoms with Crippen LogP contribution in [0.1, 0.15) is 54.4 Å². The topological polar surface area (TPSA) is 123 Å². The summed E-state index contributed by atoms with van der Waals surface area (Å²) >= 11 is 6.74. The lowest BCUT2D eigenvalue weighted by Gasteiger charge is -2.31. The molecule has 2 fully saturated rings. The van der Waals surface area contributed by atoms with E-state index in [0.717, 1.165) is 19.4 Å². The van der Waals surface area contributed by atoms with E-state index in [9.17, 15) is 17.6 Å². The van der Waals surface area contributed by atoms with Gasteiger partial charge >= 0.3 is 12.3 Å². The standard InChI is InChI=1S/C33H32ClF6N7O2/c1-14-9-18(41)24(36)19(22(14)33(38,39)40)20-23(34)27-21-28(45-13-44-27)26(15(2)17-5-3-7-43-30(17)42)46-31(49-29(21)25(20)37)48-12-32-6-4-8-47(32)11-16(35)10-32/h3,5,7,9,15-16,26,44H,4,6,8,10-13,41H2,1-2H3,(H2,42,43)/t15-,16-,26+,32+/m1/s1. The molecule has 5 N–H and O–H groups in total. The van der Waals surface area contributed by atoms with Crippen LogP contribution in [-0.2, 0) is 10.9 Å². The van der Waals surface area contributed by atoms with E-state index < -0.39 is 86.3 Å². The number of aryl methyl sites for hydroxylation is 1. The Balaban J connectivity index is 1.43. The molecule has 2 aromatic carbocycles. The quantitative estimate of drug-likeness (QED) is 0.196. The van der Waals surface area contributed by atoms with E-state index in [1.807, 2.05) is 4.90 Å².